The van der Waals surface area contributed by atoms with Crippen LogP contribution in [0.5, 0.6) is 0 Å². The number of hydrogen-bond donors (Lipinski definition) is 0. The lowest BCUT2D eigenvalue weighted by molar-refractivity contribution is -0.133. The third kappa shape index (κ3) is 4.21. The molecule has 1 aromatic carbocycles. The van der Waals surface area contributed by atoms with E-state index >= 15 is 0 Å². The summed E-state index contributed by atoms with van der Waals surface area (Å²) < 4.78 is 2.19. The molecule has 1 amide bonds. The molecule has 24 heavy (non-hydrogen) atoms. The summed E-state index contributed by atoms with van der Waals surface area (Å²) in [5.41, 5.74) is 2.27. The van der Waals surface area contributed by atoms with Crippen LogP contribution in [-0.4, -0.2) is 21.4 Å². The average molecular weight is 345 g/mol. The number of carbonyl (C=O) groups excluding carboxylic acids is 1. The zero-order valence-corrected chi connectivity index (χ0v) is 15.2. The van der Waals surface area contributed by atoms with Gasteiger partial charge in [0.25, 0.3) is 0 Å². The van der Waals surface area contributed by atoms with Crippen LogP contribution in [0, 0.1) is 5.92 Å². The van der Waals surface area contributed by atoms with E-state index in [1.807, 2.05) is 24.3 Å². The Kier molecular flexibility index (Phi) is 5.30. The number of nitrogens with zero attached hydrogens (tertiary/aromatic N) is 2. The molecule has 1 heterocycles. The maximum atomic E-state index is 12.6. The van der Waals surface area contributed by atoms with Crippen molar-refractivity contribution in [2.45, 2.75) is 52.2 Å². The highest BCUT2D eigenvalue weighted by Crippen LogP contribution is 2.30. The van der Waals surface area contributed by atoms with E-state index in [9.17, 15) is 4.79 Å². The van der Waals surface area contributed by atoms with Crippen molar-refractivity contribution in [3.63, 3.8) is 0 Å². The van der Waals surface area contributed by atoms with Crippen molar-refractivity contribution in [2.75, 3.05) is 0 Å². The molecule has 3 rings (SSSR count). The lowest BCUT2D eigenvalue weighted by Crippen LogP contribution is -2.34. The standard InChI is InChI=1S/C20H25ClN2O/c1-15(2)12-20(24)23(17-9-10-17)14-18-7-5-11-22(18)13-16-6-3-4-8-19(16)21/h3-8,11,15,17H,9-10,12-14H2,1-2H3. The first-order valence-corrected chi connectivity index (χ1v) is 9.09. The molecule has 1 aliphatic carbocycles. The molecule has 0 N–H and O–H groups in total. The lowest BCUT2D eigenvalue weighted by Gasteiger charge is -2.24. The molecule has 1 saturated carbocycles. The molecular weight excluding hydrogens is 320 g/mol. The summed E-state index contributed by atoms with van der Waals surface area (Å²) in [5.74, 6) is 0.673. The van der Waals surface area contributed by atoms with Gasteiger partial charge in [0.05, 0.1) is 6.54 Å². The third-order valence-corrected chi connectivity index (χ3v) is 4.81. The monoisotopic (exact) mass is 344 g/mol. The van der Waals surface area contributed by atoms with Crippen LogP contribution in [0.4, 0.5) is 0 Å². The number of amides is 1. The fourth-order valence-corrected chi connectivity index (χ4v) is 3.20. The van der Waals surface area contributed by atoms with Gasteiger partial charge in [-0.3, -0.25) is 4.79 Å². The van der Waals surface area contributed by atoms with E-state index < -0.39 is 0 Å². The fraction of sp³-hybridized carbons (Fsp3) is 0.450. The highest BCUT2D eigenvalue weighted by molar-refractivity contribution is 6.31. The van der Waals surface area contributed by atoms with Crippen LogP contribution in [0.1, 0.15) is 44.4 Å². The molecule has 1 aliphatic rings. The molecular formula is C20H25ClN2O. The van der Waals surface area contributed by atoms with Crippen LogP contribution in [0.25, 0.3) is 0 Å². The maximum absolute atomic E-state index is 12.6. The lowest BCUT2D eigenvalue weighted by atomic mass is 10.1. The zero-order valence-electron chi connectivity index (χ0n) is 14.4. The van der Waals surface area contributed by atoms with Crippen molar-refractivity contribution in [3.05, 3.63) is 58.9 Å². The van der Waals surface area contributed by atoms with Gasteiger partial charge < -0.3 is 9.47 Å². The Hall–Kier alpha value is -1.74. The first-order chi connectivity index (χ1) is 11.5. The molecule has 0 saturated heterocycles. The van der Waals surface area contributed by atoms with E-state index in [2.05, 4.69) is 41.6 Å². The largest absolute Gasteiger partial charge is 0.345 e. The van der Waals surface area contributed by atoms with Gasteiger partial charge in [-0.15, -0.1) is 0 Å². The molecule has 0 aliphatic heterocycles. The molecule has 2 aromatic rings. The van der Waals surface area contributed by atoms with E-state index in [0.717, 1.165) is 30.0 Å². The third-order valence-electron chi connectivity index (χ3n) is 4.45. The van der Waals surface area contributed by atoms with Gasteiger partial charge in [-0.2, -0.15) is 0 Å². The second-order valence-electron chi connectivity index (χ2n) is 7.07. The van der Waals surface area contributed by atoms with Crippen molar-refractivity contribution in [2.24, 2.45) is 5.92 Å². The highest BCUT2D eigenvalue weighted by atomic mass is 35.5. The molecule has 1 fully saturated rings. The first-order valence-electron chi connectivity index (χ1n) is 8.71. The summed E-state index contributed by atoms with van der Waals surface area (Å²) in [7, 11) is 0. The van der Waals surface area contributed by atoms with Gasteiger partial charge >= 0.3 is 0 Å². The Morgan fingerprint density at radius 1 is 1.25 bits per heavy atom. The predicted molar refractivity (Wildman–Crippen MR) is 98.0 cm³/mol. The fourth-order valence-electron chi connectivity index (χ4n) is 3.01. The predicted octanol–water partition coefficient (Wildman–Crippen LogP) is 4.73. The Bertz CT molecular complexity index is 703. The zero-order chi connectivity index (χ0) is 17.1. The summed E-state index contributed by atoms with van der Waals surface area (Å²) in [5, 5.41) is 0.784. The molecule has 1 aromatic heterocycles. The minimum absolute atomic E-state index is 0.276. The maximum Gasteiger partial charge on any atom is 0.223 e. The number of hydrogen-bond acceptors (Lipinski definition) is 1. The SMILES string of the molecule is CC(C)CC(=O)N(Cc1cccn1Cc1ccccc1Cl)C1CC1. The normalized spacial score (nSPS) is 14.2. The van der Waals surface area contributed by atoms with Gasteiger partial charge in [-0.1, -0.05) is 43.6 Å². The number of aromatic nitrogens is 1. The summed E-state index contributed by atoms with van der Waals surface area (Å²) in [6, 6.07) is 12.5. The quantitative estimate of drug-likeness (QED) is 0.713. The topological polar surface area (TPSA) is 25.2 Å². The van der Waals surface area contributed by atoms with Crippen molar-refractivity contribution in [1.82, 2.24) is 9.47 Å². The Balaban J connectivity index is 1.74. The number of carbonyl (C=O) groups is 1. The minimum Gasteiger partial charge on any atom is -0.345 e. The van der Waals surface area contributed by atoms with Crippen molar-refractivity contribution < 1.29 is 4.79 Å². The Morgan fingerprint density at radius 3 is 2.67 bits per heavy atom. The van der Waals surface area contributed by atoms with Gasteiger partial charge in [0.2, 0.25) is 5.91 Å². The van der Waals surface area contributed by atoms with E-state index in [-0.39, 0.29) is 5.91 Å². The Morgan fingerprint density at radius 2 is 2.00 bits per heavy atom. The second kappa shape index (κ2) is 7.43. The van der Waals surface area contributed by atoms with Gasteiger partial charge in [0, 0.05) is 35.9 Å². The van der Waals surface area contributed by atoms with Crippen LogP contribution < -0.4 is 0 Å². The van der Waals surface area contributed by atoms with Crippen molar-refractivity contribution in [3.8, 4) is 0 Å². The van der Waals surface area contributed by atoms with Crippen LogP contribution >= 0.6 is 11.6 Å². The number of benzene rings is 1. The average Bonchev–Trinajstić information content (AvgIpc) is 3.27. The highest BCUT2D eigenvalue weighted by Gasteiger charge is 2.33. The second-order valence-corrected chi connectivity index (χ2v) is 7.48. The number of halogens is 1. The van der Waals surface area contributed by atoms with Gasteiger partial charge in [0.15, 0.2) is 0 Å². The van der Waals surface area contributed by atoms with E-state index in [0.29, 0.717) is 24.9 Å². The van der Waals surface area contributed by atoms with Crippen LogP contribution in [-0.2, 0) is 17.9 Å². The van der Waals surface area contributed by atoms with Crippen molar-refractivity contribution >= 4 is 17.5 Å². The Labute approximate surface area is 149 Å². The smallest absolute Gasteiger partial charge is 0.223 e. The summed E-state index contributed by atoms with van der Waals surface area (Å²) in [6.45, 7) is 5.62. The molecule has 0 spiro atoms. The van der Waals surface area contributed by atoms with Gasteiger partial charge in [0.1, 0.15) is 0 Å². The van der Waals surface area contributed by atoms with Crippen LogP contribution in [0.3, 0.4) is 0 Å². The summed E-state index contributed by atoms with van der Waals surface area (Å²) in [6.07, 6.45) is 4.96. The van der Waals surface area contributed by atoms with E-state index in [1.165, 1.54) is 5.69 Å². The van der Waals surface area contributed by atoms with Gasteiger partial charge in [-0.05, 0) is 42.5 Å². The molecule has 0 unspecified atom stereocenters. The minimum atomic E-state index is 0.276. The van der Waals surface area contributed by atoms with Crippen LogP contribution in [0.2, 0.25) is 5.02 Å². The molecule has 128 valence electrons. The first kappa shape index (κ1) is 17.1. The summed E-state index contributed by atoms with van der Waals surface area (Å²) >= 11 is 6.29. The van der Waals surface area contributed by atoms with Gasteiger partial charge in [-0.25, -0.2) is 0 Å². The van der Waals surface area contributed by atoms with E-state index in [1.54, 1.807) is 0 Å². The summed E-state index contributed by atoms with van der Waals surface area (Å²) in [4.78, 5) is 14.6. The van der Waals surface area contributed by atoms with Crippen molar-refractivity contribution in [1.29, 1.82) is 0 Å². The molecule has 0 atom stereocenters. The molecule has 3 nitrogen and oxygen atoms in total. The number of rotatable bonds is 7. The van der Waals surface area contributed by atoms with E-state index in [4.69, 9.17) is 11.6 Å². The van der Waals surface area contributed by atoms with Crippen LogP contribution in [0.15, 0.2) is 42.6 Å². The molecule has 0 bridgehead atoms. The molecule has 4 heteroatoms. The molecule has 0 radical (unpaired) electrons.